The molecule has 0 unspecified atom stereocenters. The highest BCUT2D eigenvalue weighted by molar-refractivity contribution is 6.17. The van der Waals surface area contributed by atoms with Crippen molar-refractivity contribution in [1.29, 1.82) is 0 Å². The minimum absolute atomic E-state index is 0.00118. The van der Waals surface area contributed by atoms with Crippen LogP contribution in [-0.4, -0.2) is 9.78 Å². The van der Waals surface area contributed by atoms with E-state index in [4.69, 9.17) is 11.6 Å². The number of nitrogens with zero attached hydrogens (tertiary/aromatic N) is 2. The molecule has 1 aromatic carbocycles. The molecule has 1 aromatic heterocycles. The maximum absolute atomic E-state index is 13.0. The van der Waals surface area contributed by atoms with Crippen LogP contribution >= 0.6 is 11.6 Å². The summed E-state index contributed by atoms with van der Waals surface area (Å²) in [6.07, 6.45) is -3.28. The third kappa shape index (κ3) is 3.10. The van der Waals surface area contributed by atoms with Crippen molar-refractivity contribution in [2.45, 2.75) is 25.5 Å². The zero-order chi connectivity index (χ0) is 14.0. The van der Waals surface area contributed by atoms with E-state index in [1.165, 1.54) is 6.20 Å². The van der Waals surface area contributed by atoms with Crippen molar-refractivity contribution in [3.05, 3.63) is 52.8 Å². The van der Waals surface area contributed by atoms with Gasteiger partial charge in [0.1, 0.15) is 5.69 Å². The Morgan fingerprint density at radius 3 is 2.37 bits per heavy atom. The van der Waals surface area contributed by atoms with E-state index in [1.807, 2.05) is 19.1 Å². The lowest BCUT2D eigenvalue weighted by molar-refractivity contribution is -0.144. The summed E-state index contributed by atoms with van der Waals surface area (Å²) < 4.78 is 39.9. The Morgan fingerprint density at radius 2 is 1.84 bits per heavy atom. The SMILES string of the molecule is Cc1ccc(Cn2ncc(CCl)c2C(F)(F)F)cc1. The lowest BCUT2D eigenvalue weighted by Crippen LogP contribution is -2.17. The number of halogens is 4. The van der Waals surface area contributed by atoms with Gasteiger partial charge in [0.25, 0.3) is 0 Å². The summed E-state index contributed by atoms with van der Waals surface area (Å²) >= 11 is 5.52. The van der Waals surface area contributed by atoms with Gasteiger partial charge in [-0.1, -0.05) is 29.8 Å². The van der Waals surface area contributed by atoms with Crippen molar-refractivity contribution in [2.75, 3.05) is 0 Å². The molecule has 0 aliphatic carbocycles. The lowest BCUT2D eigenvalue weighted by Gasteiger charge is -2.12. The van der Waals surface area contributed by atoms with E-state index in [9.17, 15) is 13.2 Å². The minimum atomic E-state index is -4.45. The van der Waals surface area contributed by atoms with Gasteiger partial charge in [0.2, 0.25) is 0 Å². The van der Waals surface area contributed by atoms with Gasteiger partial charge in [0.15, 0.2) is 0 Å². The Hall–Kier alpha value is -1.49. The molecule has 0 aliphatic rings. The molecule has 0 spiro atoms. The van der Waals surface area contributed by atoms with Crippen LogP contribution in [0.5, 0.6) is 0 Å². The molecule has 0 bridgehead atoms. The number of aryl methyl sites for hydroxylation is 1. The van der Waals surface area contributed by atoms with E-state index in [1.54, 1.807) is 12.1 Å². The quantitative estimate of drug-likeness (QED) is 0.781. The molecule has 0 fully saturated rings. The predicted molar refractivity (Wildman–Crippen MR) is 67.1 cm³/mol. The number of rotatable bonds is 3. The van der Waals surface area contributed by atoms with E-state index < -0.39 is 11.9 Å². The number of hydrogen-bond donors (Lipinski definition) is 0. The summed E-state index contributed by atoms with van der Waals surface area (Å²) in [6.45, 7) is 2.00. The van der Waals surface area contributed by atoms with Crippen LogP contribution in [0.3, 0.4) is 0 Å². The molecule has 6 heteroatoms. The molecular weight excluding hydrogens is 277 g/mol. The lowest BCUT2D eigenvalue weighted by atomic mass is 10.1. The first-order valence-corrected chi connectivity index (χ1v) is 6.18. The monoisotopic (exact) mass is 288 g/mol. The summed E-state index contributed by atoms with van der Waals surface area (Å²) in [5.41, 5.74) is 1.05. The molecule has 0 saturated heterocycles. The van der Waals surface area contributed by atoms with Crippen molar-refractivity contribution in [2.24, 2.45) is 0 Å². The van der Waals surface area contributed by atoms with Crippen LogP contribution in [0.2, 0.25) is 0 Å². The Morgan fingerprint density at radius 1 is 1.21 bits per heavy atom. The van der Waals surface area contributed by atoms with E-state index in [-0.39, 0.29) is 18.0 Å². The van der Waals surface area contributed by atoms with Gasteiger partial charge < -0.3 is 0 Å². The van der Waals surface area contributed by atoms with E-state index in [0.29, 0.717) is 0 Å². The van der Waals surface area contributed by atoms with Crippen LogP contribution < -0.4 is 0 Å². The second-order valence-corrected chi connectivity index (χ2v) is 4.56. The summed E-state index contributed by atoms with van der Waals surface area (Å²) in [6, 6.07) is 7.29. The molecule has 0 amide bonds. The first-order chi connectivity index (χ1) is 8.91. The third-order valence-corrected chi connectivity index (χ3v) is 3.07. The van der Waals surface area contributed by atoms with Crippen LogP contribution in [0.25, 0.3) is 0 Å². The molecule has 2 nitrogen and oxygen atoms in total. The summed E-state index contributed by atoms with van der Waals surface area (Å²) in [7, 11) is 0. The topological polar surface area (TPSA) is 17.8 Å². The molecule has 0 radical (unpaired) electrons. The van der Waals surface area contributed by atoms with Gasteiger partial charge >= 0.3 is 6.18 Å². The Labute approximate surface area is 113 Å². The van der Waals surface area contributed by atoms with Crippen molar-refractivity contribution >= 4 is 11.6 Å². The van der Waals surface area contributed by atoms with Crippen molar-refractivity contribution < 1.29 is 13.2 Å². The highest BCUT2D eigenvalue weighted by Crippen LogP contribution is 2.33. The van der Waals surface area contributed by atoms with Crippen molar-refractivity contribution in [3.8, 4) is 0 Å². The van der Waals surface area contributed by atoms with Gasteiger partial charge in [-0.3, -0.25) is 4.68 Å². The fourth-order valence-electron chi connectivity index (χ4n) is 1.84. The second-order valence-electron chi connectivity index (χ2n) is 4.29. The minimum Gasteiger partial charge on any atom is -0.256 e. The molecule has 1 heterocycles. The van der Waals surface area contributed by atoms with Crippen LogP contribution in [-0.2, 0) is 18.6 Å². The van der Waals surface area contributed by atoms with Gasteiger partial charge in [-0.25, -0.2) is 0 Å². The van der Waals surface area contributed by atoms with E-state index in [0.717, 1.165) is 15.8 Å². The van der Waals surface area contributed by atoms with Crippen LogP contribution in [0.15, 0.2) is 30.5 Å². The smallest absolute Gasteiger partial charge is 0.256 e. The van der Waals surface area contributed by atoms with E-state index in [2.05, 4.69) is 5.10 Å². The largest absolute Gasteiger partial charge is 0.433 e. The predicted octanol–water partition coefficient (Wildman–Crippen LogP) is 4.00. The molecule has 2 aromatic rings. The standard InChI is InChI=1S/C13H12ClF3N2/c1-9-2-4-10(5-3-9)8-19-12(13(15,16)17)11(6-14)7-18-19/h2-5,7H,6,8H2,1H3. The van der Waals surface area contributed by atoms with Gasteiger partial charge in [0, 0.05) is 5.56 Å². The Balaban J connectivity index is 2.35. The highest BCUT2D eigenvalue weighted by atomic mass is 35.5. The van der Waals surface area contributed by atoms with Gasteiger partial charge in [-0.05, 0) is 12.5 Å². The molecule has 0 aliphatic heterocycles. The number of aromatic nitrogens is 2. The normalized spacial score (nSPS) is 11.8. The summed E-state index contributed by atoms with van der Waals surface area (Å²) in [5, 5.41) is 3.78. The van der Waals surface area contributed by atoms with Gasteiger partial charge in [-0.15, -0.1) is 11.6 Å². The van der Waals surface area contributed by atoms with Crippen LogP contribution in [0, 0.1) is 6.92 Å². The number of hydrogen-bond acceptors (Lipinski definition) is 1. The maximum atomic E-state index is 13.0. The molecule has 102 valence electrons. The zero-order valence-electron chi connectivity index (χ0n) is 10.2. The zero-order valence-corrected chi connectivity index (χ0v) is 11.0. The Bertz CT molecular complexity index is 558. The van der Waals surface area contributed by atoms with E-state index >= 15 is 0 Å². The molecule has 0 N–H and O–H groups in total. The number of alkyl halides is 4. The fraction of sp³-hybridized carbons (Fsp3) is 0.308. The fourth-order valence-corrected chi connectivity index (χ4v) is 2.03. The average molecular weight is 289 g/mol. The number of benzene rings is 1. The second kappa shape index (κ2) is 5.25. The Kier molecular flexibility index (Phi) is 3.85. The van der Waals surface area contributed by atoms with Crippen LogP contribution in [0.4, 0.5) is 13.2 Å². The molecule has 0 saturated carbocycles. The van der Waals surface area contributed by atoms with Gasteiger partial charge in [-0.2, -0.15) is 18.3 Å². The molecule has 0 atom stereocenters. The summed E-state index contributed by atoms with van der Waals surface area (Å²) in [5.74, 6) is -0.206. The van der Waals surface area contributed by atoms with Crippen LogP contribution in [0.1, 0.15) is 22.4 Å². The third-order valence-electron chi connectivity index (χ3n) is 2.78. The van der Waals surface area contributed by atoms with Crippen molar-refractivity contribution in [3.63, 3.8) is 0 Å². The molecule has 19 heavy (non-hydrogen) atoms. The molecule has 2 rings (SSSR count). The maximum Gasteiger partial charge on any atom is 0.433 e. The average Bonchev–Trinajstić information content (AvgIpc) is 2.75. The first-order valence-electron chi connectivity index (χ1n) is 5.65. The first kappa shape index (κ1) is 13.9. The highest BCUT2D eigenvalue weighted by Gasteiger charge is 2.37. The van der Waals surface area contributed by atoms with Gasteiger partial charge in [0.05, 0.1) is 18.6 Å². The van der Waals surface area contributed by atoms with Crippen molar-refractivity contribution in [1.82, 2.24) is 9.78 Å². The molecular formula is C13H12ClF3N2. The summed E-state index contributed by atoms with van der Waals surface area (Å²) in [4.78, 5) is 0.